The standard InChI is InChI=1S/C52H50O8/c1-7-49(53)59-43(31-55-47-25-17-15-23-45(47)39-19-11-9-12-20-39)33-57-51-35(3)27-41(28-36(51)4)42-29-37(5)52(38(6)30-42)58-34-44(60-50(54)8-2)32-56-48-26-18-16-24-46(48)40-21-13-10-14-22-40/h7-30,43-44H,1-2,31-34H2,3-6H3. The number of carbonyl (C=O) groups is 2. The Hall–Kier alpha value is -7.06. The van der Waals surface area contributed by atoms with Gasteiger partial charge in [0.15, 0.2) is 12.2 Å². The minimum atomic E-state index is -0.702. The van der Waals surface area contributed by atoms with Crippen molar-refractivity contribution in [2.75, 3.05) is 26.4 Å². The molecular weight excluding hydrogens is 753 g/mol. The predicted octanol–water partition coefficient (Wildman–Crippen LogP) is 11.0. The Labute approximate surface area is 352 Å². The van der Waals surface area contributed by atoms with Crippen molar-refractivity contribution in [1.82, 2.24) is 0 Å². The van der Waals surface area contributed by atoms with Gasteiger partial charge in [0, 0.05) is 23.3 Å². The van der Waals surface area contributed by atoms with E-state index in [0.29, 0.717) is 23.0 Å². The summed E-state index contributed by atoms with van der Waals surface area (Å²) in [4.78, 5) is 24.7. The Morgan fingerprint density at radius 2 is 0.767 bits per heavy atom. The van der Waals surface area contributed by atoms with Crippen LogP contribution in [0.1, 0.15) is 22.3 Å². The van der Waals surface area contributed by atoms with Gasteiger partial charge in [-0.1, -0.05) is 110 Å². The molecule has 60 heavy (non-hydrogen) atoms. The van der Waals surface area contributed by atoms with Crippen LogP contribution < -0.4 is 18.9 Å². The first kappa shape index (κ1) is 42.5. The van der Waals surface area contributed by atoms with E-state index in [1.807, 2.05) is 137 Å². The Kier molecular flexibility index (Phi) is 14.6. The quantitative estimate of drug-likeness (QED) is 0.0591. The van der Waals surface area contributed by atoms with Crippen molar-refractivity contribution >= 4 is 11.9 Å². The zero-order valence-corrected chi connectivity index (χ0v) is 34.5. The normalized spacial score (nSPS) is 11.7. The number of rotatable bonds is 19. The van der Waals surface area contributed by atoms with Crippen LogP contribution >= 0.6 is 0 Å². The first-order valence-corrected chi connectivity index (χ1v) is 19.8. The molecule has 0 aliphatic carbocycles. The number of hydrogen-bond acceptors (Lipinski definition) is 8. The van der Waals surface area contributed by atoms with E-state index in [2.05, 4.69) is 37.4 Å². The van der Waals surface area contributed by atoms with E-state index in [1.54, 1.807) is 0 Å². The van der Waals surface area contributed by atoms with Crippen LogP contribution in [0.3, 0.4) is 0 Å². The first-order chi connectivity index (χ1) is 29.1. The van der Waals surface area contributed by atoms with E-state index >= 15 is 0 Å². The summed E-state index contributed by atoms with van der Waals surface area (Å²) in [7, 11) is 0. The van der Waals surface area contributed by atoms with Crippen molar-refractivity contribution in [2.45, 2.75) is 39.9 Å². The lowest BCUT2D eigenvalue weighted by Gasteiger charge is -2.22. The topological polar surface area (TPSA) is 89.5 Å². The fourth-order valence-electron chi connectivity index (χ4n) is 6.96. The number of esters is 2. The van der Waals surface area contributed by atoms with Crippen LogP contribution in [-0.4, -0.2) is 50.6 Å². The molecular formula is C52H50O8. The Bertz CT molecular complexity index is 2200. The fourth-order valence-corrected chi connectivity index (χ4v) is 6.96. The molecule has 0 N–H and O–H groups in total. The van der Waals surface area contributed by atoms with Gasteiger partial charge >= 0.3 is 11.9 Å². The molecule has 0 amide bonds. The molecule has 6 aromatic carbocycles. The lowest BCUT2D eigenvalue weighted by Crippen LogP contribution is -2.31. The van der Waals surface area contributed by atoms with Gasteiger partial charge in [0.1, 0.15) is 49.4 Å². The van der Waals surface area contributed by atoms with Crippen LogP contribution in [0, 0.1) is 27.7 Å². The van der Waals surface area contributed by atoms with Gasteiger partial charge < -0.3 is 28.4 Å². The molecule has 8 nitrogen and oxygen atoms in total. The minimum absolute atomic E-state index is 0.0754. The lowest BCUT2D eigenvalue weighted by atomic mass is 9.96. The smallest absolute Gasteiger partial charge is 0.330 e. The minimum Gasteiger partial charge on any atom is -0.489 e. The second-order valence-electron chi connectivity index (χ2n) is 14.4. The average Bonchev–Trinajstić information content (AvgIpc) is 3.27. The number of benzene rings is 6. The fraction of sp³-hybridized carbons (Fsp3) is 0.192. The molecule has 0 bridgehead atoms. The zero-order chi connectivity index (χ0) is 42.4. The third kappa shape index (κ3) is 11.1. The van der Waals surface area contributed by atoms with Crippen LogP contribution in [0.4, 0.5) is 0 Å². The van der Waals surface area contributed by atoms with Gasteiger partial charge in [-0.2, -0.15) is 0 Å². The van der Waals surface area contributed by atoms with Crippen molar-refractivity contribution in [3.05, 3.63) is 181 Å². The Morgan fingerprint density at radius 1 is 0.450 bits per heavy atom. The van der Waals surface area contributed by atoms with E-state index in [9.17, 15) is 9.59 Å². The molecule has 0 saturated carbocycles. The van der Waals surface area contributed by atoms with Crippen molar-refractivity contribution < 1.29 is 38.0 Å². The summed E-state index contributed by atoms with van der Waals surface area (Å²) in [6.07, 6.45) is 0.863. The lowest BCUT2D eigenvalue weighted by molar-refractivity contribution is -0.147. The number of ether oxygens (including phenoxy) is 6. The van der Waals surface area contributed by atoms with Crippen LogP contribution in [-0.2, 0) is 19.1 Å². The maximum atomic E-state index is 12.3. The second kappa shape index (κ2) is 20.6. The second-order valence-corrected chi connectivity index (χ2v) is 14.4. The molecule has 6 aromatic rings. The van der Waals surface area contributed by atoms with E-state index < -0.39 is 24.1 Å². The van der Waals surface area contributed by atoms with Crippen LogP contribution in [0.5, 0.6) is 23.0 Å². The van der Waals surface area contributed by atoms with Crippen molar-refractivity contribution in [3.8, 4) is 56.4 Å². The molecule has 6 rings (SSSR count). The highest BCUT2D eigenvalue weighted by molar-refractivity contribution is 5.82. The summed E-state index contributed by atoms with van der Waals surface area (Å²) >= 11 is 0. The highest BCUT2D eigenvalue weighted by atomic mass is 16.6. The summed E-state index contributed by atoms with van der Waals surface area (Å²) in [6, 6.07) is 43.7. The van der Waals surface area contributed by atoms with Gasteiger partial charge in [-0.05, 0) is 109 Å². The van der Waals surface area contributed by atoms with Crippen molar-refractivity contribution in [2.24, 2.45) is 0 Å². The zero-order valence-electron chi connectivity index (χ0n) is 34.5. The molecule has 306 valence electrons. The average molecular weight is 803 g/mol. The number of aryl methyl sites for hydroxylation is 4. The van der Waals surface area contributed by atoms with Gasteiger partial charge in [0.05, 0.1) is 0 Å². The summed E-state index contributed by atoms with van der Waals surface area (Å²) in [5, 5.41) is 0. The van der Waals surface area contributed by atoms with Crippen molar-refractivity contribution in [3.63, 3.8) is 0 Å². The SMILES string of the molecule is C=CC(=O)OC(COc1ccccc1-c1ccccc1)COc1c(C)cc(-c2cc(C)c(OCC(COc3ccccc3-c3ccccc3)OC(=O)C=C)c(C)c2)cc1C. The molecule has 0 saturated heterocycles. The molecule has 0 aliphatic rings. The molecule has 0 radical (unpaired) electrons. The molecule has 0 spiro atoms. The third-order valence-corrected chi connectivity index (χ3v) is 9.77. The largest absolute Gasteiger partial charge is 0.489 e. The number of para-hydroxylation sites is 2. The Morgan fingerprint density at radius 3 is 1.12 bits per heavy atom. The molecule has 0 aliphatic heterocycles. The van der Waals surface area contributed by atoms with E-state index in [1.165, 1.54) is 0 Å². The van der Waals surface area contributed by atoms with E-state index in [4.69, 9.17) is 28.4 Å². The molecule has 2 atom stereocenters. The summed E-state index contributed by atoms with van der Waals surface area (Å²) in [5.74, 6) is 1.63. The number of hydrogen-bond donors (Lipinski definition) is 0. The molecule has 8 heteroatoms. The van der Waals surface area contributed by atoms with Crippen molar-refractivity contribution in [1.29, 1.82) is 0 Å². The van der Waals surface area contributed by atoms with E-state index in [0.717, 1.165) is 67.8 Å². The maximum Gasteiger partial charge on any atom is 0.330 e. The van der Waals surface area contributed by atoms with Gasteiger partial charge in [0.25, 0.3) is 0 Å². The maximum absolute atomic E-state index is 12.3. The van der Waals surface area contributed by atoms with Crippen LogP contribution in [0.15, 0.2) is 159 Å². The van der Waals surface area contributed by atoms with Gasteiger partial charge in [0.2, 0.25) is 0 Å². The molecule has 0 heterocycles. The molecule has 0 aromatic heterocycles. The van der Waals surface area contributed by atoms with E-state index in [-0.39, 0.29) is 26.4 Å². The van der Waals surface area contributed by atoms with Crippen LogP contribution in [0.25, 0.3) is 33.4 Å². The highest BCUT2D eigenvalue weighted by Gasteiger charge is 2.21. The third-order valence-electron chi connectivity index (χ3n) is 9.77. The van der Waals surface area contributed by atoms with Crippen LogP contribution in [0.2, 0.25) is 0 Å². The van der Waals surface area contributed by atoms with Gasteiger partial charge in [-0.25, -0.2) is 9.59 Å². The molecule has 0 fully saturated rings. The summed E-state index contributed by atoms with van der Waals surface area (Å²) in [6.45, 7) is 15.4. The first-order valence-electron chi connectivity index (χ1n) is 19.8. The Balaban J connectivity index is 1.12. The molecule has 2 unspecified atom stereocenters. The monoisotopic (exact) mass is 802 g/mol. The number of carbonyl (C=O) groups excluding carboxylic acids is 2. The summed E-state index contributed by atoms with van der Waals surface area (Å²) in [5.41, 5.74) is 9.61. The predicted molar refractivity (Wildman–Crippen MR) is 237 cm³/mol. The highest BCUT2D eigenvalue weighted by Crippen LogP contribution is 2.35. The summed E-state index contributed by atoms with van der Waals surface area (Å²) < 4.78 is 36.4. The van der Waals surface area contributed by atoms with Gasteiger partial charge in [-0.15, -0.1) is 0 Å². The van der Waals surface area contributed by atoms with Gasteiger partial charge in [-0.3, -0.25) is 0 Å².